The third-order valence-corrected chi connectivity index (χ3v) is 4.96. The number of rotatable bonds is 6. The summed E-state index contributed by atoms with van der Waals surface area (Å²) in [4.78, 5) is 33.1. The van der Waals surface area contributed by atoms with Crippen molar-refractivity contribution in [3.05, 3.63) is 55.7 Å². The Morgan fingerprint density at radius 2 is 1.93 bits per heavy atom. The third kappa shape index (κ3) is 4.67. The maximum atomic E-state index is 12.2. The first-order chi connectivity index (χ1) is 13.1. The molecule has 27 heavy (non-hydrogen) atoms. The Morgan fingerprint density at radius 1 is 1.19 bits per heavy atom. The summed E-state index contributed by atoms with van der Waals surface area (Å²) in [5, 5.41) is 10.8. The summed E-state index contributed by atoms with van der Waals surface area (Å²) in [5.41, 5.74) is -1.21. The Morgan fingerprint density at radius 3 is 2.67 bits per heavy atom. The Labute approximate surface area is 161 Å². The highest BCUT2D eigenvalue weighted by molar-refractivity contribution is 6.32. The molecule has 2 N–H and O–H groups in total. The smallest absolute Gasteiger partial charge is 0.335 e. The Kier molecular flexibility index (Phi) is 6.47. The zero-order valence-electron chi connectivity index (χ0n) is 15.0. The van der Waals surface area contributed by atoms with E-state index in [1.54, 1.807) is 24.3 Å². The van der Waals surface area contributed by atoms with Crippen LogP contribution in [0, 0.1) is 0 Å². The molecule has 1 aliphatic heterocycles. The van der Waals surface area contributed by atoms with E-state index in [1.165, 1.54) is 25.5 Å². The lowest BCUT2D eigenvalue weighted by Crippen LogP contribution is -2.31. The number of aromatic amines is 1. The first-order valence-electron chi connectivity index (χ1n) is 9.13. The molecule has 0 aliphatic carbocycles. The summed E-state index contributed by atoms with van der Waals surface area (Å²) in [6.07, 6.45) is 5.99. The number of hydrogen-bond donors (Lipinski definition) is 2. The van der Waals surface area contributed by atoms with Crippen LogP contribution in [0.25, 0.3) is 5.69 Å². The SMILES string of the molecule is O=c1[nH]c(=O)n(-c2ccccc2Cl)c(O)c1C=NCCCN1CCCCC1. The molecule has 0 amide bonds. The molecule has 2 aromatic rings. The highest BCUT2D eigenvalue weighted by Crippen LogP contribution is 2.22. The molecule has 2 heterocycles. The van der Waals surface area contributed by atoms with Crippen LogP contribution in [0.1, 0.15) is 31.2 Å². The van der Waals surface area contributed by atoms with Crippen LogP contribution in [0.3, 0.4) is 0 Å². The van der Waals surface area contributed by atoms with E-state index in [-0.39, 0.29) is 16.3 Å². The number of aromatic nitrogens is 2. The average Bonchev–Trinajstić information content (AvgIpc) is 2.66. The number of H-pyrrole nitrogens is 1. The van der Waals surface area contributed by atoms with Gasteiger partial charge in [0.15, 0.2) is 0 Å². The minimum absolute atomic E-state index is 0.0625. The van der Waals surface area contributed by atoms with Crippen molar-refractivity contribution in [2.75, 3.05) is 26.2 Å². The van der Waals surface area contributed by atoms with Crippen molar-refractivity contribution in [2.24, 2.45) is 4.99 Å². The lowest BCUT2D eigenvalue weighted by atomic mass is 10.1. The molecule has 1 aromatic carbocycles. The molecule has 1 aromatic heterocycles. The summed E-state index contributed by atoms with van der Waals surface area (Å²) >= 11 is 6.11. The monoisotopic (exact) mass is 390 g/mol. The van der Waals surface area contributed by atoms with Gasteiger partial charge in [-0.2, -0.15) is 0 Å². The fourth-order valence-corrected chi connectivity index (χ4v) is 3.46. The van der Waals surface area contributed by atoms with Gasteiger partial charge in [-0.05, 0) is 51.0 Å². The van der Waals surface area contributed by atoms with Gasteiger partial charge in [0.1, 0.15) is 5.56 Å². The van der Waals surface area contributed by atoms with E-state index >= 15 is 0 Å². The van der Waals surface area contributed by atoms with Gasteiger partial charge in [-0.3, -0.25) is 14.8 Å². The second-order valence-corrected chi connectivity index (χ2v) is 6.98. The molecule has 0 unspecified atom stereocenters. The van der Waals surface area contributed by atoms with E-state index in [4.69, 9.17) is 11.6 Å². The van der Waals surface area contributed by atoms with E-state index < -0.39 is 17.1 Å². The van der Waals surface area contributed by atoms with Crippen molar-refractivity contribution in [3.63, 3.8) is 0 Å². The predicted octanol–water partition coefficient (Wildman–Crippen LogP) is 2.18. The van der Waals surface area contributed by atoms with Gasteiger partial charge in [-0.1, -0.05) is 30.2 Å². The summed E-state index contributed by atoms with van der Waals surface area (Å²) in [5.74, 6) is -0.475. The number of likely N-dealkylation sites (tertiary alicyclic amines) is 1. The zero-order valence-corrected chi connectivity index (χ0v) is 15.8. The maximum absolute atomic E-state index is 12.2. The molecule has 1 fully saturated rings. The molecular formula is C19H23ClN4O3. The van der Waals surface area contributed by atoms with Gasteiger partial charge >= 0.3 is 5.69 Å². The van der Waals surface area contributed by atoms with Gasteiger partial charge in [-0.15, -0.1) is 0 Å². The number of nitrogens with zero attached hydrogens (tertiary/aromatic N) is 3. The lowest BCUT2D eigenvalue weighted by molar-refractivity contribution is 0.228. The second kappa shape index (κ2) is 9.01. The first kappa shape index (κ1) is 19.4. The number of hydrogen-bond acceptors (Lipinski definition) is 5. The number of para-hydroxylation sites is 1. The number of aliphatic imine (C=N–C) groups is 1. The van der Waals surface area contributed by atoms with Crippen molar-refractivity contribution >= 4 is 17.8 Å². The molecule has 0 saturated carbocycles. The minimum Gasteiger partial charge on any atom is -0.493 e. The van der Waals surface area contributed by atoms with Gasteiger partial charge in [0, 0.05) is 12.8 Å². The minimum atomic E-state index is -0.757. The largest absolute Gasteiger partial charge is 0.493 e. The van der Waals surface area contributed by atoms with Crippen molar-refractivity contribution in [2.45, 2.75) is 25.7 Å². The van der Waals surface area contributed by atoms with E-state index in [0.717, 1.165) is 30.6 Å². The molecule has 0 radical (unpaired) electrons. The second-order valence-electron chi connectivity index (χ2n) is 6.57. The number of nitrogens with one attached hydrogen (secondary N) is 1. The van der Waals surface area contributed by atoms with Gasteiger partial charge in [0.05, 0.1) is 10.7 Å². The summed E-state index contributed by atoms with van der Waals surface area (Å²) in [6.45, 7) is 3.78. The maximum Gasteiger partial charge on any atom is 0.335 e. The molecule has 8 heteroatoms. The van der Waals surface area contributed by atoms with Crippen LogP contribution in [-0.4, -0.2) is 52.0 Å². The highest BCUT2D eigenvalue weighted by atomic mass is 35.5. The summed E-state index contributed by atoms with van der Waals surface area (Å²) < 4.78 is 0.971. The van der Waals surface area contributed by atoms with Gasteiger partial charge < -0.3 is 10.0 Å². The number of halogens is 1. The van der Waals surface area contributed by atoms with Crippen LogP contribution >= 0.6 is 11.6 Å². The highest BCUT2D eigenvalue weighted by Gasteiger charge is 2.16. The first-order valence-corrected chi connectivity index (χ1v) is 9.51. The van der Waals surface area contributed by atoms with Crippen LogP contribution in [0.15, 0.2) is 38.8 Å². The fraction of sp³-hybridized carbons (Fsp3) is 0.421. The number of piperidine rings is 1. The molecule has 3 rings (SSSR count). The quantitative estimate of drug-likeness (QED) is 0.584. The van der Waals surface area contributed by atoms with Crippen molar-refractivity contribution in [1.29, 1.82) is 0 Å². The van der Waals surface area contributed by atoms with Gasteiger partial charge in [0.25, 0.3) is 5.56 Å². The molecule has 144 valence electrons. The molecule has 1 saturated heterocycles. The molecule has 1 aliphatic rings. The fourth-order valence-electron chi connectivity index (χ4n) is 3.24. The van der Waals surface area contributed by atoms with E-state index in [9.17, 15) is 14.7 Å². The topological polar surface area (TPSA) is 90.7 Å². The van der Waals surface area contributed by atoms with Crippen LogP contribution in [0.2, 0.25) is 5.02 Å². The van der Waals surface area contributed by atoms with E-state index in [2.05, 4.69) is 14.9 Å². The van der Waals surface area contributed by atoms with Gasteiger partial charge in [0.2, 0.25) is 5.88 Å². The van der Waals surface area contributed by atoms with Crippen LogP contribution in [-0.2, 0) is 0 Å². The molecule has 0 atom stereocenters. The predicted molar refractivity (Wildman–Crippen MR) is 107 cm³/mol. The molecule has 0 bridgehead atoms. The van der Waals surface area contributed by atoms with Crippen LogP contribution in [0.4, 0.5) is 0 Å². The van der Waals surface area contributed by atoms with E-state index in [1.807, 2.05) is 0 Å². The van der Waals surface area contributed by atoms with Crippen molar-refractivity contribution in [3.8, 4) is 11.6 Å². The molecule has 7 nitrogen and oxygen atoms in total. The van der Waals surface area contributed by atoms with Gasteiger partial charge in [-0.25, -0.2) is 9.36 Å². The normalized spacial score (nSPS) is 15.4. The Balaban J connectivity index is 1.75. The van der Waals surface area contributed by atoms with Crippen molar-refractivity contribution < 1.29 is 5.11 Å². The van der Waals surface area contributed by atoms with Crippen LogP contribution in [0.5, 0.6) is 5.88 Å². The van der Waals surface area contributed by atoms with Crippen LogP contribution < -0.4 is 11.2 Å². The van der Waals surface area contributed by atoms with Crippen molar-refractivity contribution in [1.82, 2.24) is 14.5 Å². The molecule has 0 spiro atoms. The standard InChI is InChI=1S/C19H23ClN4O3/c20-15-7-2-3-8-16(15)24-18(26)14(17(25)22-19(24)27)13-21-9-6-12-23-10-4-1-5-11-23/h2-3,7-8,13,26H,1,4-6,9-12H2,(H,22,25,27). The number of benzene rings is 1. The Hall–Kier alpha value is -2.38. The zero-order chi connectivity index (χ0) is 19.2. The van der Waals surface area contributed by atoms with E-state index in [0.29, 0.717) is 6.54 Å². The summed E-state index contributed by atoms with van der Waals surface area (Å²) in [6, 6.07) is 6.58. The lowest BCUT2D eigenvalue weighted by Gasteiger charge is -2.25. The third-order valence-electron chi connectivity index (χ3n) is 4.64. The molecular weight excluding hydrogens is 368 g/mol. The number of aromatic hydroxyl groups is 1. The summed E-state index contributed by atoms with van der Waals surface area (Å²) in [7, 11) is 0. The Bertz CT molecular complexity index is 929. The average molecular weight is 391 g/mol.